The van der Waals surface area contributed by atoms with Crippen molar-refractivity contribution in [3.05, 3.63) is 29.3 Å². The zero-order chi connectivity index (χ0) is 15.6. The number of carbonyl (C=O) groups excluding carboxylic acids is 1. The molecule has 116 valence electrons. The highest BCUT2D eigenvalue weighted by atomic mass is 16.2. The van der Waals surface area contributed by atoms with Gasteiger partial charge in [-0.05, 0) is 44.9 Å². The smallest absolute Gasteiger partial charge is 0.229 e. The minimum Gasteiger partial charge on any atom is -0.368 e. The van der Waals surface area contributed by atoms with Crippen LogP contribution in [0.5, 0.6) is 0 Å². The van der Waals surface area contributed by atoms with Crippen LogP contribution in [0.1, 0.15) is 25.0 Å². The SMILES string of the molecule is Cc1cccc(N2CCN(C(=O)C(C)(C)CN)CC2)c1C. The van der Waals surface area contributed by atoms with E-state index < -0.39 is 5.41 Å². The highest BCUT2D eigenvalue weighted by Gasteiger charge is 2.32. The Morgan fingerprint density at radius 3 is 2.38 bits per heavy atom. The van der Waals surface area contributed by atoms with Crippen LogP contribution in [-0.2, 0) is 4.79 Å². The Labute approximate surface area is 127 Å². The van der Waals surface area contributed by atoms with Gasteiger partial charge >= 0.3 is 0 Å². The van der Waals surface area contributed by atoms with Crippen molar-refractivity contribution >= 4 is 11.6 Å². The average molecular weight is 289 g/mol. The number of nitrogens with two attached hydrogens (primary N) is 1. The molecule has 0 aromatic heterocycles. The van der Waals surface area contributed by atoms with Gasteiger partial charge in [-0.3, -0.25) is 4.79 Å². The van der Waals surface area contributed by atoms with E-state index in [4.69, 9.17) is 5.73 Å². The van der Waals surface area contributed by atoms with Crippen molar-refractivity contribution in [2.45, 2.75) is 27.7 Å². The third-order valence-corrected chi connectivity index (χ3v) is 4.57. The van der Waals surface area contributed by atoms with Crippen molar-refractivity contribution in [3.8, 4) is 0 Å². The van der Waals surface area contributed by atoms with Crippen molar-refractivity contribution in [3.63, 3.8) is 0 Å². The van der Waals surface area contributed by atoms with E-state index >= 15 is 0 Å². The van der Waals surface area contributed by atoms with Gasteiger partial charge in [0.25, 0.3) is 0 Å². The fraction of sp³-hybridized carbons (Fsp3) is 0.588. The van der Waals surface area contributed by atoms with Crippen LogP contribution in [0.3, 0.4) is 0 Å². The van der Waals surface area contributed by atoms with Crippen LogP contribution in [0, 0.1) is 19.3 Å². The molecule has 4 nitrogen and oxygen atoms in total. The van der Waals surface area contributed by atoms with Gasteiger partial charge in [-0.25, -0.2) is 0 Å². The zero-order valence-corrected chi connectivity index (χ0v) is 13.6. The second-order valence-corrected chi connectivity index (χ2v) is 6.59. The van der Waals surface area contributed by atoms with Crippen LogP contribution in [0.4, 0.5) is 5.69 Å². The monoisotopic (exact) mass is 289 g/mol. The fourth-order valence-electron chi connectivity index (χ4n) is 2.74. The van der Waals surface area contributed by atoms with E-state index in [1.54, 1.807) is 0 Å². The lowest BCUT2D eigenvalue weighted by molar-refractivity contribution is -0.140. The number of benzene rings is 1. The first-order chi connectivity index (χ1) is 9.86. The summed E-state index contributed by atoms with van der Waals surface area (Å²) in [6.45, 7) is 11.9. The largest absolute Gasteiger partial charge is 0.368 e. The van der Waals surface area contributed by atoms with Crippen LogP contribution in [0.2, 0.25) is 0 Å². The van der Waals surface area contributed by atoms with Gasteiger partial charge in [0, 0.05) is 38.4 Å². The van der Waals surface area contributed by atoms with Crippen LogP contribution in [-0.4, -0.2) is 43.5 Å². The summed E-state index contributed by atoms with van der Waals surface area (Å²) in [4.78, 5) is 16.8. The summed E-state index contributed by atoms with van der Waals surface area (Å²) in [5.41, 5.74) is 9.19. The number of aryl methyl sites for hydroxylation is 1. The second-order valence-electron chi connectivity index (χ2n) is 6.59. The topological polar surface area (TPSA) is 49.6 Å². The van der Waals surface area contributed by atoms with Gasteiger partial charge < -0.3 is 15.5 Å². The summed E-state index contributed by atoms with van der Waals surface area (Å²) < 4.78 is 0. The third kappa shape index (κ3) is 3.21. The zero-order valence-electron chi connectivity index (χ0n) is 13.6. The molecule has 0 radical (unpaired) electrons. The van der Waals surface area contributed by atoms with Gasteiger partial charge in [0.2, 0.25) is 5.91 Å². The lowest BCUT2D eigenvalue weighted by Gasteiger charge is -2.39. The molecule has 1 amide bonds. The number of hydrogen-bond acceptors (Lipinski definition) is 3. The molecule has 2 N–H and O–H groups in total. The maximum absolute atomic E-state index is 12.4. The average Bonchev–Trinajstić information content (AvgIpc) is 2.49. The quantitative estimate of drug-likeness (QED) is 0.925. The fourth-order valence-corrected chi connectivity index (χ4v) is 2.74. The van der Waals surface area contributed by atoms with E-state index in [2.05, 4.69) is 36.9 Å². The van der Waals surface area contributed by atoms with Crippen molar-refractivity contribution in [1.82, 2.24) is 4.90 Å². The summed E-state index contributed by atoms with van der Waals surface area (Å²) in [6.07, 6.45) is 0. The predicted molar refractivity (Wildman–Crippen MR) is 87.5 cm³/mol. The van der Waals surface area contributed by atoms with Crippen LogP contribution in [0.25, 0.3) is 0 Å². The maximum atomic E-state index is 12.4. The van der Waals surface area contributed by atoms with E-state index in [0.717, 1.165) is 26.2 Å². The Kier molecular flexibility index (Phi) is 4.57. The molecular weight excluding hydrogens is 262 g/mol. The van der Waals surface area contributed by atoms with E-state index in [1.807, 2.05) is 18.7 Å². The summed E-state index contributed by atoms with van der Waals surface area (Å²) in [5.74, 6) is 0.172. The van der Waals surface area contributed by atoms with Gasteiger partial charge in [-0.1, -0.05) is 12.1 Å². The molecule has 1 aliphatic rings. The minimum absolute atomic E-state index is 0.172. The molecule has 0 unspecified atom stereocenters. The first kappa shape index (κ1) is 15.8. The highest BCUT2D eigenvalue weighted by molar-refractivity contribution is 5.82. The Morgan fingerprint density at radius 2 is 1.81 bits per heavy atom. The van der Waals surface area contributed by atoms with E-state index in [0.29, 0.717) is 6.54 Å². The summed E-state index contributed by atoms with van der Waals surface area (Å²) in [5, 5.41) is 0. The highest BCUT2D eigenvalue weighted by Crippen LogP contribution is 2.25. The number of rotatable bonds is 3. The van der Waals surface area contributed by atoms with Crippen LogP contribution < -0.4 is 10.6 Å². The Bertz CT molecular complexity index is 517. The molecule has 1 heterocycles. The number of nitrogens with zero attached hydrogens (tertiary/aromatic N) is 2. The number of hydrogen-bond donors (Lipinski definition) is 1. The van der Waals surface area contributed by atoms with E-state index in [9.17, 15) is 4.79 Å². The van der Waals surface area contributed by atoms with Gasteiger partial charge in [0.05, 0.1) is 5.41 Å². The molecule has 1 saturated heterocycles. The lowest BCUT2D eigenvalue weighted by Crippen LogP contribution is -2.53. The molecule has 1 aromatic carbocycles. The molecule has 0 spiro atoms. The molecule has 21 heavy (non-hydrogen) atoms. The first-order valence-corrected chi connectivity index (χ1v) is 7.67. The molecular formula is C17H27N3O. The molecule has 0 bridgehead atoms. The maximum Gasteiger partial charge on any atom is 0.229 e. The lowest BCUT2D eigenvalue weighted by atomic mass is 9.91. The third-order valence-electron chi connectivity index (χ3n) is 4.57. The molecule has 0 aliphatic carbocycles. The molecule has 1 fully saturated rings. The molecule has 4 heteroatoms. The molecule has 0 saturated carbocycles. The Hall–Kier alpha value is -1.55. The minimum atomic E-state index is -0.457. The van der Waals surface area contributed by atoms with Gasteiger partial charge in [-0.15, -0.1) is 0 Å². The van der Waals surface area contributed by atoms with Gasteiger partial charge in [0.15, 0.2) is 0 Å². The Morgan fingerprint density at radius 1 is 1.19 bits per heavy atom. The molecule has 1 aromatic rings. The molecule has 0 atom stereocenters. The van der Waals surface area contributed by atoms with E-state index in [1.165, 1.54) is 16.8 Å². The van der Waals surface area contributed by atoms with Crippen LogP contribution >= 0.6 is 0 Å². The van der Waals surface area contributed by atoms with Crippen LogP contribution in [0.15, 0.2) is 18.2 Å². The second kappa shape index (κ2) is 6.06. The number of anilines is 1. The van der Waals surface area contributed by atoms with Gasteiger partial charge in [-0.2, -0.15) is 0 Å². The normalized spacial score (nSPS) is 16.2. The Balaban J connectivity index is 2.04. The van der Waals surface area contributed by atoms with Gasteiger partial charge in [0.1, 0.15) is 0 Å². The van der Waals surface area contributed by atoms with Crippen molar-refractivity contribution < 1.29 is 4.79 Å². The summed E-state index contributed by atoms with van der Waals surface area (Å²) in [6, 6.07) is 6.42. The molecule has 2 rings (SSSR count). The number of piperazine rings is 1. The summed E-state index contributed by atoms with van der Waals surface area (Å²) in [7, 11) is 0. The number of amides is 1. The number of carbonyl (C=O) groups is 1. The standard InChI is InChI=1S/C17H27N3O/c1-13-6-5-7-15(14(13)2)19-8-10-20(11-9-19)16(21)17(3,4)12-18/h5-7H,8-12,18H2,1-4H3. The van der Waals surface area contributed by atoms with Crippen molar-refractivity contribution in [1.29, 1.82) is 0 Å². The predicted octanol–water partition coefficient (Wildman–Crippen LogP) is 1.94. The summed E-state index contributed by atoms with van der Waals surface area (Å²) >= 11 is 0. The van der Waals surface area contributed by atoms with E-state index in [-0.39, 0.29) is 5.91 Å². The van der Waals surface area contributed by atoms with Crippen molar-refractivity contribution in [2.24, 2.45) is 11.1 Å². The van der Waals surface area contributed by atoms with Crippen molar-refractivity contribution in [2.75, 3.05) is 37.6 Å². The first-order valence-electron chi connectivity index (χ1n) is 7.67. The molecule has 1 aliphatic heterocycles.